The van der Waals surface area contributed by atoms with E-state index >= 15 is 0 Å². The molecule has 0 bridgehead atoms. The van der Waals surface area contributed by atoms with Gasteiger partial charge in [0.2, 0.25) is 0 Å². The molecule has 0 unspecified atom stereocenters. The lowest BCUT2D eigenvalue weighted by molar-refractivity contribution is 0.0737. The Morgan fingerprint density at radius 1 is 1.41 bits per heavy atom. The van der Waals surface area contributed by atoms with Gasteiger partial charge in [-0.3, -0.25) is 4.79 Å². The zero-order chi connectivity index (χ0) is 12.4. The molecule has 1 aromatic rings. The molecule has 1 aliphatic rings. The molecule has 2 rings (SSSR count). The second-order valence-corrected chi connectivity index (χ2v) is 4.66. The molecule has 17 heavy (non-hydrogen) atoms. The fourth-order valence-electron chi connectivity index (χ4n) is 2.13. The average molecular weight is 236 g/mol. The Hall–Kier alpha value is -1.49. The number of rotatable bonds is 2. The van der Waals surface area contributed by atoms with Crippen LogP contribution in [-0.2, 0) is 0 Å². The molecule has 0 atom stereocenters. The summed E-state index contributed by atoms with van der Waals surface area (Å²) in [5, 5.41) is 3.23. The van der Waals surface area contributed by atoms with Crippen LogP contribution in [0.3, 0.4) is 0 Å². The predicted molar refractivity (Wildman–Crippen MR) is 68.0 cm³/mol. The van der Waals surface area contributed by atoms with Crippen LogP contribution in [0.5, 0.6) is 0 Å². The fourth-order valence-corrected chi connectivity index (χ4v) is 2.13. The van der Waals surface area contributed by atoms with Gasteiger partial charge in [0.1, 0.15) is 5.82 Å². The van der Waals surface area contributed by atoms with Crippen LogP contribution < -0.4 is 11.1 Å². The number of nitrogen functional groups attached to an aromatic ring is 1. The van der Waals surface area contributed by atoms with Crippen LogP contribution in [0.4, 0.5) is 5.82 Å². The molecule has 1 aliphatic heterocycles. The first-order chi connectivity index (χ1) is 8.11. The summed E-state index contributed by atoms with van der Waals surface area (Å²) in [6.07, 6.45) is 1.88. The number of carbonyl (C=O) groups excluding carboxylic acids is 1. The van der Waals surface area contributed by atoms with Crippen LogP contribution in [0.15, 0.2) is 12.3 Å². The number of hydrogen-bond donors (Lipinski definition) is 2. The highest BCUT2D eigenvalue weighted by Crippen LogP contribution is 2.20. The van der Waals surface area contributed by atoms with Crippen molar-refractivity contribution < 1.29 is 4.79 Å². The Balaban J connectivity index is 2.19. The molecule has 0 aliphatic carbocycles. The second kappa shape index (κ2) is 4.79. The van der Waals surface area contributed by atoms with Crippen LogP contribution in [0, 0.1) is 0 Å². The largest absolute Gasteiger partial charge is 0.384 e. The molecule has 0 aromatic carbocycles. The molecule has 2 heterocycles. The quantitative estimate of drug-likeness (QED) is 0.794. The van der Waals surface area contributed by atoms with Crippen LogP contribution in [0.1, 0.15) is 30.2 Å². The van der Waals surface area contributed by atoms with Gasteiger partial charge >= 0.3 is 0 Å². The number of piperazine rings is 1. The summed E-state index contributed by atoms with van der Waals surface area (Å²) in [4.78, 5) is 14.1. The highest BCUT2D eigenvalue weighted by Gasteiger charge is 2.22. The molecular formula is C12H20N4O. The minimum Gasteiger partial charge on any atom is -0.384 e. The SMILES string of the molecule is CC(C)n1ccc(C(=O)N2CCNCC2)c1N. The minimum atomic E-state index is 0.0448. The van der Waals surface area contributed by atoms with Crippen LogP contribution >= 0.6 is 0 Å². The maximum absolute atomic E-state index is 12.3. The van der Waals surface area contributed by atoms with Crippen molar-refractivity contribution in [2.45, 2.75) is 19.9 Å². The number of nitrogens with one attached hydrogen (secondary N) is 1. The Bertz CT molecular complexity index is 405. The van der Waals surface area contributed by atoms with Crippen molar-refractivity contribution in [1.82, 2.24) is 14.8 Å². The zero-order valence-corrected chi connectivity index (χ0v) is 10.4. The van der Waals surface area contributed by atoms with Crippen LogP contribution in [0.2, 0.25) is 0 Å². The molecule has 1 saturated heterocycles. The van der Waals surface area contributed by atoms with Gasteiger partial charge in [0.25, 0.3) is 5.91 Å². The van der Waals surface area contributed by atoms with E-state index in [1.54, 1.807) is 0 Å². The normalized spacial score (nSPS) is 16.5. The lowest BCUT2D eigenvalue weighted by atomic mass is 10.2. The van der Waals surface area contributed by atoms with Gasteiger partial charge in [0, 0.05) is 38.4 Å². The van der Waals surface area contributed by atoms with E-state index in [9.17, 15) is 4.79 Å². The van der Waals surface area contributed by atoms with Crippen LogP contribution in [0.25, 0.3) is 0 Å². The van der Waals surface area contributed by atoms with E-state index in [-0.39, 0.29) is 11.9 Å². The van der Waals surface area contributed by atoms with Crippen molar-refractivity contribution in [3.8, 4) is 0 Å². The van der Waals surface area contributed by atoms with Crippen molar-refractivity contribution in [3.63, 3.8) is 0 Å². The van der Waals surface area contributed by atoms with Gasteiger partial charge in [0.15, 0.2) is 0 Å². The summed E-state index contributed by atoms with van der Waals surface area (Å²) < 4.78 is 1.93. The van der Waals surface area contributed by atoms with Gasteiger partial charge in [-0.05, 0) is 19.9 Å². The van der Waals surface area contributed by atoms with E-state index in [4.69, 9.17) is 5.73 Å². The summed E-state index contributed by atoms with van der Waals surface area (Å²) in [5.41, 5.74) is 6.64. The van der Waals surface area contributed by atoms with Gasteiger partial charge < -0.3 is 20.5 Å². The van der Waals surface area contributed by atoms with Gasteiger partial charge in [-0.25, -0.2) is 0 Å². The Morgan fingerprint density at radius 2 is 2.06 bits per heavy atom. The number of nitrogens with two attached hydrogens (primary N) is 1. The molecule has 1 amide bonds. The molecular weight excluding hydrogens is 216 g/mol. The van der Waals surface area contributed by atoms with Crippen molar-refractivity contribution in [1.29, 1.82) is 0 Å². The lowest BCUT2D eigenvalue weighted by Gasteiger charge is -2.27. The minimum absolute atomic E-state index is 0.0448. The van der Waals surface area contributed by atoms with Gasteiger partial charge in [-0.15, -0.1) is 0 Å². The number of aromatic nitrogens is 1. The summed E-state index contributed by atoms with van der Waals surface area (Å²) >= 11 is 0. The van der Waals surface area contributed by atoms with E-state index in [2.05, 4.69) is 19.2 Å². The number of anilines is 1. The third kappa shape index (κ3) is 2.29. The average Bonchev–Trinajstić information content (AvgIpc) is 2.71. The van der Waals surface area contributed by atoms with E-state index in [1.165, 1.54) is 0 Å². The van der Waals surface area contributed by atoms with Crippen molar-refractivity contribution in [3.05, 3.63) is 17.8 Å². The summed E-state index contributed by atoms with van der Waals surface area (Å²) in [5.74, 6) is 0.618. The first-order valence-corrected chi connectivity index (χ1v) is 6.07. The van der Waals surface area contributed by atoms with Crippen molar-refractivity contribution >= 4 is 11.7 Å². The molecule has 0 saturated carbocycles. The van der Waals surface area contributed by atoms with Gasteiger partial charge in [-0.1, -0.05) is 0 Å². The summed E-state index contributed by atoms with van der Waals surface area (Å²) in [6, 6.07) is 2.10. The second-order valence-electron chi connectivity index (χ2n) is 4.66. The first-order valence-electron chi connectivity index (χ1n) is 6.07. The molecule has 3 N–H and O–H groups in total. The zero-order valence-electron chi connectivity index (χ0n) is 10.4. The molecule has 5 nitrogen and oxygen atoms in total. The smallest absolute Gasteiger partial charge is 0.257 e. The fraction of sp³-hybridized carbons (Fsp3) is 0.583. The van der Waals surface area contributed by atoms with E-state index in [0.29, 0.717) is 11.4 Å². The number of carbonyl (C=O) groups is 1. The number of nitrogens with zero attached hydrogens (tertiary/aromatic N) is 2. The Labute approximate surface area is 102 Å². The van der Waals surface area contributed by atoms with Crippen molar-refractivity contribution in [2.75, 3.05) is 31.9 Å². The van der Waals surface area contributed by atoms with E-state index < -0.39 is 0 Å². The Morgan fingerprint density at radius 3 is 2.59 bits per heavy atom. The lowest BCUT2D eigenvalue weighted by Crippen LogP contribution is -2.46. The van der Waals surface area contributed by atoms with E-state index in [0.717, 1.165) is 26.2 Å². The highest BCUT2D eigenvalue weighted by molar-refractivity contribution is 5.98. The first kappa shape index (κ1) is 12.0. The molecule has 5 heteroatoms. The van der Waals surface area contributed by atoms with E-state index in [1.807, 2.05) is 21.7 Å². The number of amides is 1. The standard InChI is InChI=1S/C12H20N4O/c1-9(2)16-6-3-10(11(16)13)12(17)15-7-4-14-5-8-15/h3,6,9,14H,4-5,7-8,13H2,1-2H3. The maximum Gasteiger partial charge on any atom is 0.257 e. The molecule has 94 valence electrons. The third-order valence-electron chi connectivity index (χ3n) is 3.15. The van der Waals surface area contributed by atoms with Crippen LogP contribution in [-0.4, -0.2) is 41.6 Å². The molecule has 1 aromatic heterocycles. The van der Waals surface area contributed by atoms with Gasteiger partial charge in [0.05, 0.1) is 5.56 Å². The Kier molecular flexibility index (Phi) is 3.38. The highest BCUT2D eigenvalue weighted by atomic mass is 16.2. The third-order valence-corrected chi connectivity index (χ3v) is 3.15. The summed E-state index contributed by atoms with van der Waals surface area (Å²) in [6.45, 7) is 7.33. The molecule has 1 fully saturated rings. The summed E-state index contributed by atoms with van der Waals surface area (Å²) in [7, 11) is 0. The molecule has 0 spiro atoms. The maximum atomic E-state index is 12.3. The monoisotopic (exact) mass is 236 g/mol. The van der Waals surface area contributed by atoms with Crippen molar-refractivity contribution in [2.24, 2.45) is 0 Å². The number of hydrogen-bond acceptors (Lipinski definition) is 3. The van der Waals surface area contributed by atoms with Gasteiger partial charge in [-0.2, -0.15) is 0 Å². The predicted octanol–water partition coefficient (Wildman–Crippen LogP) is 0.697. The topological polar surface area (TPSA) is 63.3 Å². The molecule has 0 radical (unpaired) electrons.